The number of anilines is 1. The predicted molar refractivity (Wildman–Crippen MR) is 64.1 cm³/mol. The first-order valence-electron chi connectivity index (χ1n) is 4.44. The van der Waals surface area contributed by atoms with Crippen molar-refractivity contribution in [3.05, 3.63) is 47.4 Å². The molecule has 0 fully saturated rings. The molecule has 2 N–H and O–H groups in total. The van der Waals surface area contributed by atoms with Gasteiger partial charge in [-0.15, -0.1) is 11.8 Å². The first-order chi connectivity index (χ1) is 7.25. The number of nitrogens with two attached hydrogens (primary N) is 1. The van der Waals surface area contributed by atoms with Gasteiger partial charge in [0.2, 0.25) is 0 Å². The van der Waals surface area contributed by atoms with Crippen molar-refractivity contribution in [2.75, 3.05) is 5.73 Å². The van der Waals surface area contributed by atoms with Gasteiger partial charge in [0.1, 0.15) is 0 Å². The zero-order valence-electron chi connectivity index (χ0n) is 7.94. The smallest absolute Gasteiger partial charge is 0.0943 e. The van der Waals surface area contributed by atoms with Crippen LogP contribution >= 0.6 is 23.4 Å². The van der Waals surface area contributed by atoms with Gasteiger partial charge in [-0.05, 0) is 24.3 Å². The summed E-state index contributed by atoms with van der Waals surface area (Å²) in [6, 6.07) is 7.49. The minimum Gasteiger partial charge on any atom is -0.472 e. The lowest BCUT2D eigenvalue weighted by Gasteiger charge is -2.03. The van der Waals surface area contributed by atoms with Crippen molar-refractivity contribution >= 4 is 29.1 Å². The van der Waals surface area contributed by atoms with E-state index in [2.05, 4.69) is 0 Å². The van der Waals surface area contributed by atoms with Crippen LogP contribution in [0.1, 0.15) is 5.56 Å². The van der Waals surface area contributed by atoms with Crippen LogP contribution in [0.5, 0.6) is 0 Å². The monoisotopic (exact) mass is 239 g/mol. The number of hydrogen-bond donors (Lipinski definition) is 1. The maximum atomic E-state index is 6.05. The standard InChI is InChI=1S/C11H10ClNOS/c12-10-5-9(13)1-2-11(10)15-7-8-3-4-14-6-8/h1-6H,7,13H2. The average molecular weight is 240 g/mol. The van der Waals surface area contributed by atoms with E-state index in [-0.39, 0.29) is 0 Å². The molecule has 1 heterocycles. The van der Waals surface area contributed by atoms with Crippen LogP contribution in [0.2, 0.25) is 5.02 Å². The van der Waals surface area contributed by atoms with Crippen molar-refractivity contribution in [2.24, 2.45) is 0 Å². The summed E-state index contributed by atoms with van der Waals surface area (Å²) in [5, 5.41) is 0.698. The van der Waals surface area contributed by atoms with Crippen LogP contribution in [0.25, 0.3) is 0 Å². The first kappa shape index (κ1) is 10.5. The summed E-state index contributed by atoms with van der Waals surface area (Å²) in [6.45, 7) is 0. The molecule has 0 amide bonds. The zero-order chi connectivity index (χ0) is 10.7. The Labute approximate surface area is 97.4 Å². The first-order valence-corrected chi connectivity index (χ1v) is 5.81. The number of halogens is 1. The number of nitrogen functional groups attached to an aromatic ring is 1. The summed E-state index contributed by atoms with van der Waals surface area (Å²) in [7, 11) is 0. The second-order valence-electron chi connectivity index (χ2n) is 3.11. The van der Waals surface area contributed by atoms with Crippen molar-refractivity contribution in [1.29, 1.82) is 0 Å². The van der Waals surface area contributed by atoms with E-state index in [0.717, 1.165) is 16.2 Å². The molecular formula is C11H10ClNOS. The van der Waals surface area contributed by atoms with E-state index in [0.29, 0.717) is 10.7 Å². The summed E-state index contributed by atoms with van der Waals surface area (Å²) >= 11 is 7.71. The van der Waals surface area contributed by atoms with Gasteiger partial charge in [-0.3, -0.25) is 0 Å². The van der Waals surface area contributed by atoms with Crippen LogP contribution in [-0.4, -0.2) is 0 Å². The number of furan rings is 1. The van der Waals surface area contributed by atoms with E-state index in [1.165, 1.54) is 0 Å². The Hall–Kier alpha value is -1.06. The number of hydrogen-bond acceptors (Lipinski definition) is 3. The largest absolute Gasteiger partial charge is 0.472 e. The Morgan fingerprint density at radius 3 is 2.87 bits per heavy atom. The number of thioether (sulfide) groups is 1. The van der Waals surface area contributed by atoms with Crippen LogP contribution in [0, 0.1) is 0 Å². The Kier molecular flexibility index (Phi) is 3.23. The summed E-state index contributed by atoms with van der Waals surface area (Å²) in [4.78, 5) is 1.03. The minimum absolute atomic E-state index is 0.688. The maximum Gasteiger partial charge on any atom is 0.0943 e. The quantitative estimate of drug-likeness (QED) is 0.654. The highest BCUT2D eigenvalue weighted by Gasteiger charge is 2.02. The van der Waals surface area contributed by atoms with Gasteiger partial charge in [0.15, 0.2) is 0 Å². The molecule has 78 valence electrons. The molecule has 0 aliphatic rings. The van der Waals surface area contributed by atoms with Crippen LogP contribution in [0.3, 0.4) is 0 Å². The molecule has 2 nitrogen and oxygen atoms in total. The van der Waals surface area contributed by atoms with Crippen molar-refractivity contribution in [3.63, 3.8) is 0 Å². The molecule has 2 rings (SSSR count). The topological polar surface area (TPSA) is 39.2 Å². The van der Waals surface area contributed by atoms with E-state index < -0.39 is 0 Å². The van der Waals surface area contributed by atoms with Gasteiger partial charge < -0.3 is 10.2 Å². The maximum absolute atomic E-state index is 6.05. The SMILES string of the molecule is Nc1ccc(SCc2ccoc2)c(Cl)c1. The normalized spacial score (nSPS) is 10.5. The van der Waals surface area contributed by atoms with Gasteiger partial charge in [0.05, 0.1) is 17.5 Å². The van der Waals surface area contributed by atoms with E-state index in [4.69, 9.17) is 21.8 Å². The van der Waals surface area contributed by atoms with E-state index >= 15 is 0 Å². The minimum atomic E-state index is 0.688. The molecule has 2 aromatic rings. The molecule has 0 atom stereocenters. The lowest BCUT2D eigenvalue weighted by Crippen LogP contribution is -1.85. The lowest BCUT2D eigenvalue weighted by atomic mass is 10.3. The van der Waals surface area contributed by atoms with E-state index in [9.17, 15) is 0 Å². The highest BCUT2D eigenvalue weighted by atomic mass is 35.5. The van der Waals surface area contributed by atoms with Crippen molar-refractivity contribution in [3.8, 4) is 0 Å². The summed E-state index contributed by atoms with van der Waals surface area (Å²) in [5.74, 6) is 0.847. The fraction of sp³-hybridized carbons (Fsp3) is 0.0909. The summed E-state index contributed by atoms with van der Waals surface area (Å²) in [6.07, 6.45) is 3.40. The number of rotatable bonds is 3. The number of benzene rings is 1. The Balaban J connectivity index is 2.05. The van der Waals surface area contributed by atoms with E-state index in [1.807, 2.05) is 18.2 Å². The van der Waals surface area contributed by atoms with Gasteiger partial charge in [0, 0.05) is 21.9 Å². The molecule has 1 aromatic carbocycles. The fourth-order valence-corrected chi connectivity index (χ4v) is 2.37. The van der Waals surface area contributed by atoms with Gasteiger partial charge in [-0.25, -0.2) is 0 Å². The molecule has 0 bridgehead atoms. The predicted octanol–water partition coefficient (Wildman–Crippen LogP) is 3.81. The van der Waals surface area contributed by atoms with Crippen molar-refractivity contribution in [2.45, 2.75) is 10.6 Å². The Bertz CT molecular complexity index is 442. The highest BCUT2D eigenvalue weighted by molar-refractivity contribution is 7.98. The zero-order valence-corrected chi connectivity index (χ0v) is 9.52. The molecule has 4 heteroatoms. The molecule has 0 aliphatic carbocycles. The molecular weight excluding hydrogens is 230 g/mol. The molecule has 0 radical (unpaired) electrons. The van der Waals surface area contributed by atoms with Gasteiger partial charge in [-0.1, -0.05) is 11.6 Å². The van der Waals surface area contributed by atoms with E-state index in [1.54, 1.807) is 30.4 Å². The van der Waals surface area contributed by atoms with Crippen LogP contribution in [0.4, 0.5) is 5.69 Å². The molecule has 0 spiro atoms. The van der Waals surface area contributed by atoms with Crippen LogP contribution in [0.15, 0.2) is 46.1 Å². The summed E-state index contributed by atoms with van der Waals surface area (Å²) < 4.78 is 4.99. The van der Waals surface area contributed by atoms with Crippen molar-refractivity contribution < 1.29 is 4.42 Å². The Morgan fingerprint density at radius 2 is 2.20 bits per heavy atom. The Morgan fingerprint density at radius 1 is 1.33 bits per heavy atom. The lowest BCUT2D eigenvalue weighted by molar-refractivity contribution is 0.565. The second kappa shape index (κ2) is 4.64. The molecule has 15 heavy (non-hydrogen) atoms. The van der Waals surface area contributed by atoms with Crippen LogP contribution in [-0.2, 0) is 5.75 Å². The highest BCUT2D eigenvalue weighted by Crippen LogP contribution is 2.31. The molecule has 0 unspecified atom stereocenters. The molecule has 0 saturated heterocycles. The third-order valence-corrected chi connectivity index (χ3v) is 3.50. The average Bonchev–Trinajstić information content (AvgIpc) is 2.69. The van der Waals surface area contributed by atoms with Crippen LogP contribution < -0.4 is 5.73 Å². The molecule has 0 aliphatic heterocycles. The third-order valence-electron chi connectivity index (χ3n) is 1.93. The molecule has 0 saturated carbocycles. The van der Waals surface area contributed by atoms with Gasteiger partial charge in [0.25, 0.3) is 0 Å². The second-order valence-corrected chi connectivity index (χ2v) is 4.53. The molecule has 1 aromatic heterocycles. The van der Waals surface area contributed by atoms with Gasteiger partial charge in [-0.2, -0.15) is 0 Å². The van der Waals surface area contributed by atoms with Crippen molar-refractivity contribution in [1.82, 2.24) is 0 Å². The summed E-state index contributed by atoms with van der Waals surface area (Å²) in [5.41, 5.74) is 7.44. The third kappa shape index (κ3) is 2.70. The van der Waals surface area contributed by atoms with Gasteiger partial charge >= 0.3 is 0 Å². The fourth-order valence-electron chi connectivity index (χ4n) is 1.17.